The maximum atomic E-state index is 9.94. The van der Waals surface area contributed by atoms with Gasteiger partial charge in [-0.05, 0) is 7.05 Å². The van der Waals surface area contributed by atoms with Gasteiger partial charge >= 0.3 is 5.97 Å². The van der Waals surface area contributed by atoms with Crippen LogP contribution < -0.4 is 5.11 Å². The number of carbonyl (C=O) groups excluding carboxylic acids is 1. The van der Waals surface area contributed by atoms with Gasteiger partial charge in [-0.15, -0.1) is 0 Å². The fourth-order valence-electron chi connectivity index (χ4n) is 1.64. The van der Waals surface area contributed by atoms with E-state index in [-0.39, 0.29) is 51.7 Å². The van der Waals surface area contributed by atoms with Crippen LogP contribution in [0.3, 0.4) is 0 Å². The van der Waals surface area contributed by atoms with Crippen molar-refractivity contribution in [2.75, 3.05) is 20.1 Å². The number of likely N-dealkylation sites (N-methyl/N-ethyl adjacent to an activating group) is 1. The topological polar surface area (TPSA) is 160 Å². The van der Waals surface area contributed by atoms with Crippen molar-refractivity contribution in [1.29, 1.82) is 0 Å². The summed E-state index contributed by atoms with van der Waals surface area (Å²) >= 11 is 0. The van der Waals surface area contributed by atoms with Crippen LogP contribution in [-0.4, -0.2) is 59.6 Å². The zero-order valence-electron chi connectivity index (χ0n) is 11.3. The Morgan fingerprint density at radius 2 is 1.60 bits per heavy atom. The van der Waals surface area contributed by atoms with E-state index in [0.717, 1.165) is 17.7 Å². The molecule has 1 fully saturated rings. The second kappa shape index (κ2) is 13.5. The normalized spacial score (nSPS) is 20.8. The Kier molecular flexibility index (Phi) is 16.5. The predicted molar refractivity (Wildman–Crippen MR) is 68.4 cm³/mol. The molecule has 0 radical (unpaired) electrons. The molecule has 124 valence electrons. The summed E-state index contributed by atoms with van der Waals surface area (Å²) < 4.78 is 0. The molecule has 0 bridgehead atoms. The minimum Gasteiger partial charge on any atom is -0.676 e. The SMILES string of the molecule is CN(CC(=O)[O-])CC(=O)O.O.[NH-]C1CCCCC1[NH-].[Pt]. The maximum Gasteiger partial charge on any atom is 0.317 e. The van der Waals surface area contributed by atoms with Crippen LogP contribution >= 0.6 is 0 Å². The van der Waals surface area contributed by atoms with Crippen LogP contribution in [-0.2, 0) is 30.7 Å². The number of aliphatic carboxylic acids is 2. The summed E-state index contributed by atoms with van der Waals surface area (Å²) in [6, 6.07) is -0.160. The molecule has 0 aromatic rings. The molecule has 8 nitrogen and oxygen atoms in total. The molecule has 0 heterocycles. The molecule has 0 aliphatic heterocycles. The Balaban J connectivity index is -0.000000266. The Morgan fingerprint density at radius 1 is 1.20 bits per heavy atom. The molecule has 0 saturated heterocycles. The molecule has 1 rings (SSSR count). The van der Waals surface area contributed by atoms with Crippen LogP contribution in [0.1, 0.15) is 25.7 Å². The van der Waals surface area contributed by atoms with Crippen molar-refractivity contribution >= 4 is 11.9 Å². The number of nitrogens with one attached hydrogen (secondary N) is 2. The molecular formula is C11H22N3O5Pt-3. The van der Waals surface area contributed by atoms with E-state index in [9.17, 15) is 14.7 Å². The van der Waals surface area contributed by atoms with Crippen molar-refractivity contribution in [2.45, 2.75) is 37.8 Å². The van der Waals surface area contributed by atoms with Crippen molar-refractivity contribution in [3.63, 3.8) is 0 Å². The third kappa shape index (κ3) is 13.9. The number of hydrogen-bond donors (Lipinski definition) is 1. The Bertz CT molecular complexity index is 255. The fourth-order valence-corrected chi connectivity index (χ4v) is 1.64. The first-order valence-corrected chi connectivity index (χ1v) is 5.85. The quantitative estimate of drug-likeness (QED) is 0.575. The summed E-state index contributed by atoms with van der Waals surface area (Å²) in [6.45, 7) is -0.639. The standard InChI is InChI=1S/C6H12N2.C5H9NO4.H2O.Pt/c7-5-3-1-2-4-6(5)8;1-6(2-4(7)8)3-5(9)10;;/h5-8H,1-4H2;2-3H2,1H3,(H,7,8)(H,9,10);1H2;/q-2;;;/p-1. The van der Waals surface area contributed by atoms with Crippen molar-refractivity contribution in [3.05, 3.63) is 11.5 Å². The molecule has 20 heavy (non-hydrogen) atoms. The first kappa shape index (κ1) is 24.5. The van der Waals surface area contributed by atoms with Crippen molar-refractivity contribution in [2.24, 2.45) is 0 Å². The van der Waals surface area contributed by atoms with Crippen LogP contribution in [0, 0.1) is 0 Å². The van der Waals surface area contributed by atoms with Gasteiger partial charge < -0.3 is 32.0 Å². The largest absolute Gasteiger partial charge is 0.676 e. The summed E-state index contributed by atoms with van der Waals surface area (Å²) in [6.07, 6.45) is 4.25. The molecule has 2 atom stereocenters. The van der Waals surface area contributed by atoms with Crippen LogP contribution in [0.2, 0.25) is 0 Å². The van der Waals surface area contributed by atoms with Crippen LogP contribution in [0.15, 0.2) is 0 Å². The van der Waals surface area contributed by atoms with Gasteiger partial charge in [-0.25, -0.2) is 0 Å². The monoisotopic (exact) mass is 471 g/mol. The smallest absolute Gasteiger partial charge is 0.317 e. The number of carbonyl (C=O) groups is 2. The molecule has 2 unspecified atom stereocenters. The zero-order chi connectivity index (χ0) is 14.1. The molecule has 0 aromatic carbocycles. The van der Waals surface area contributed by atoms with E-state index >= 15 is 0 Å². The van der Waals surface area contributed by atoms with E-state index in [1.165, 1.54) is 19.9 Å². The van der Waals surface area contributed by atoms with E-state index in [1.54, 1.807) is 0 Å². The van der Waals surface area contributed by atoms with Gasteiger partial charge in [-0.3, -0.25) is 9.69 Å². The first-order chi connectivity index (χ1) is 8.32. The van der Waals surface area contributed by atoms with E-state index in [4.69, 9.17) is 16.6 Å². The number of hydrogen-bond acceptors (Lipinski definition) is 4. The van der Waals surface area contributed by atoms with Gasteiger partial charge in [-0.1, -0.05) is 25.7 Å². The molecule has 0 spiro atoms. The third-order valence-corrected chi connectivity index (χ3v) is 2.57. The second-order valence-electron chi connectivity index (χ2n) is 4.44. The Hall–Kier alpha value is -0.532. The maximum absolute atomic E-state index is 9.94. The summed E-state index contributed by atoms with van der Waals surface area (Å²) in [7, 11) is 1.39. The van der Waals surface area contributed by atoms with Crippen molar-refractivity contribution in [1.82, 2.24) is 4.90 Å². The number of nitrogens with zero attached hydrogens (tertiary/aromatic N) is 1. The average Bonchev–Trinajstić information content (AvgIpc) is 2.21. The summed E-state index contributed by atoms with van der Waals surface area (Å²) in [5, 5.41) is 18.0. The van der Waals surface area contributed by atoms with Gasteiger partial charge in [0.15, 0.2) is 0 Å². The van der Waals surface area contributed by atoms with Crippen LogP contribution in [0.5, 0.6) is 0 Å². The summed E-state index contributed by atoms with van der Waals surface area (Å²) in [5.41, 5.74) is 14.6. The first-order valence-electron chi connectivity index (χ1n) is 5.85. The molecule has 9 heteroatoms. The van der Waals surface area contributed by atoms with Gasteiger partial charge in [0.25, 0.3) is 0 Å². The predicted octanol–water partition coefficient (Wildman–Crippen LogP) is -0.672. The molecule has 1 aliphatic rings. The molecular weight excluding hydrogens is 449 g/mol. The number of rotatable bonds is 4. The van der Waals surface area contributed by atoms with E-state index in [2.05, 4.69) is 0 Å². The van der Waals surface area contributed by atoms with E-state index in [1.807, 2.05) is 0 Å². The molecule has 5 N–H and O–H groups in total. The number of carboxylic acids is 2. The van der Waals surface area contributed by atoms with Gasteiger partial charge in [0, 0.05) is 27.6 Å². The Morgan fingerprint density at radius 3 is 1.85 bits per heavy atom. The van der Waals surface area contributed by atoms with Crippen LogP contribution in [0.25, 0.3) is 11.5 Å². The minimum atomic E-state index is -1.27. The Labute approximate surface area is 133 Å². The minimum absolute atomic E-state index is 0. The fraction of sp³-hybridized carbons (Fsp3) is 0.818. The van der Waals surface area contributed by atoms with Crippen LogP contribution in [0.4, 0.5) is 0 Å². The van der Waals surface area contributed by atoms with Crippen molar-refractivity contribution in [3.8, 4) is 0 Å². The zero-order valence-corrected chi connectivity index (χ0v) is 13.6. The van der Waals surface area contributed by atoms with Gasteiger partial charge in [-0.2, -0.15) is 12.1 Å². The van der Waals surface area contributed by atoms with E-state index < -0.39 is 11.9 Å². The molecule has 1 saturated carbocycles. The summed E-state index contributed by atoms with van der Waals surface area (Å²) in [4.78, 5) is 20.9. The molecule has 1 aliphatic carbocycles. The molecule has 0 aromatic heterocycles. The third-order valence-electron chi connectivity index (χ3n) is 2.57. The summed E-state index contributed by atoms with van der Waals surface area (Å²) in [5.74, 6) is -2.33. The van der Waals surface area contributed by atoms with Crippen molar-refractivity contribution < 1.29 is 46.3 Å². The number of carboxylic acid groups (broad SMARTS) is 2. The second-order valence-corrected chi connectivity index (χ2v) is 4.44. The molecule has 0 amide bonds. The van der Waals surface area contributed by atoms with E-state index in [0.29, 0.717) is 0 Å². The van der Waals surface area contributed by atoms with Gasteiger partial charge in [0.1, 0.15) is 0 Å². The average molecular weight is 471 g/mol. The van der Waals surface area contributed by atoms with Gasteiger partial charge in [0.2, 0.25) is 0 Å². The van der Waals surface area contributed by atoms with Gasteiger partial charge in [0.05, 0.1) is 12.5 Å².